The molecule has 2 N–H and O–H groups in total. The summed E-state index contributed by atoms with van der Waals surface area (Å²) in [5.74, 6) is 0.514. The molecule has 1 saturated carbocycles. The molecule has 18 heavy (non-hydrogen) atoms. The van der Waals surface area contributed by atoms with Gasteiger partial charge in [0.2, 0.25) is 0 Å². The first-order valence-electron chi connectivity index (χ1n) is 6.84. The van der Waals surface area contributed by atoms with E-state index in [1.165, 1.54) is 44.2 Å². The van der Waals surface area contributed by atoms with E-state index in [4.69, 9.17) is 17.3 Å². The van der Waals surface area contributed by atoms with Crippen molar-refractivity contribution in [3.05, 3.63) is 34.6 Å². The zero-order valence-corrected chi connectivity index (χ0v) is 11.4. The lowest BCUT2D eigenvalue weighted by Gasteiger charge is -2.24. The minimum Gasteiger partial charge on any atom is -0.327 e. The maximum Gasteiger partial charge on any atom is 0.123 e. The quantitative estimate of drug-likeness (QED) is 0.866. The fourth-order valence-electron chi connectivity index (χ4n) is 2.92. The Hall–Kier alpha value is -0.600. The fourth-order valence-corrected chi connectivity index (χ4v) is 3.11. The lowest BCUT2D eigenvalue weighted by Crippen LogP contribution is -2.27. The Morgan fingerprint density at radius 3 is 2.72 bits per heavy atom. The van der Waals surface area contributed by atoms with Gasteiger partial charge in [-0.05, 0) is 42.5 Å². The number of rotatable bonds is 4. The van der Waals surface area contributed by atoms with Gasteiger partial charge in [-0.15, -0.1) is 0 Å². The minimum atomic E-state index is -0.237. The van der Waals surface area contributed by atoms with Crippen molar-refractivity contribution >= 4 is 11.6 Å². The number of benzene rings is 1. The molecule has 0 heterocycles. The van der Waals surface area contributed by atoms with Gasteiger partial charge in [-0.2, -0.15) is 0 Å². The van der Waals surface area contributed by atoms with Crippen LogP contribution in [-0.4, -0.2) is 6.04 Å². The molecule has 0 aliphatic heterocycles. The Bertz CT molecular complexity index is 388. The number of hydrogen-bond acceptors (Lipinski definition) is 1. The fraction of sp³-hybridized carbons (Fsp3) is 0.600. The molecule has 1 aromatic carbocycles. The molecule has 1 aromatic rings. The van der Waals surface area contributed by atoms with Crippen LogP contribution in [0, 0.1) is 11.7 Å². The first-order valence-corrected chi connectivity index (χ1v) is 7.22. The van der Waals surface area contributed by atoms with Crippen LogP contribution in [0.4, 0.5) is 4.39 Å². The van der Waals surface area contributed by atoms with Crippen LogP contribution in [-0.2, 0) is 6.42 Å². The van der Waals surface area contributed by atoms with Crippen LogP contribution in [0.2, 0.25) is 5.02 Å². The molecule has 0 spiro atoms. The van der Waals surface area contributed by atoms with Crippen molar-refractivity contribution in [3.8, 4) is 0 Å². The third-order valence-electron chi connectivity index (χ3n) is 3.85. The third kappa shape index (κ3) is 3.96. The molecule has 1 unspecified atom stereocenters. The van der Waals surface area contributed by atoms with E-state index in [0.29, 0.717) is 11.4 Å². The molecular formula is C15H21ClFN. The standard InChI is InChI=1S/C15H21ClFN/c16-15-7-6-13(17)9-12(15)10-14(18)8-11-4-2-1-3-5-11/h6-7,9,11,14H,1-5,8,10,18H2. The molecule has 1 aliphatic rings. The largest absolute Gasteiger partial charge is 0.327 e. The van der Waals surface area contributed by atoms with Gasteiger partial charge >= 0.3 is 0 Å². The van der Waals surface area contributed by atoms with Crippen LogP contribution in [0.1, 0.15) is 44.1 Å². The summed E-state index contributed by atoms with van der Waals surface area (Å²) in [4.78, 5) is 0. The van der Waals surface area contributed by atoms with E-state index in [0.717, 1.165) is 17.9 Å². The zero-order chi connectivity index (χ0) is 13.0. The molecule has 100 valence electrons. The van der Waals surface area contributed by atoms with Gasteiger partial charge in [-0.3, -0.25) is 0 Å². The highest BCUT2D eigenvalue weighted by atomic mass is 35.5. The minimum absolute atomic E-state index is 0.0902. The predicted molar refractivity (Wildman–Crippen MR) is 74.3 cm³/mol. The van der Waals surface area contributed by atoms with E-state index in [-0.39, 0.29) is 11.9 Å². The Labute approximate surface area is 114 Å². The first-order chi connectivity index (χ1) is 8.65. The molecule has 0 aromatic heterocycles. The van der Waals surface area contributed by atoms with Crippen molar-refractivity contribution < 1.29 is 4.39 Å². The Morgan fingerprint density at radius 2 is 2.00 bits per heavy atom. The summed E-state index contributed by atoms with van der Waals surface area (Å²) in [6, 6.07) is 4.59. The van der Waals surface area contributed by atoms with Gasteiger partial charge in [-0.1, -0.05) is 43.7 Å². The number of nitrogens with two attached hydrogens (primary N) is 1. The summed E-state index contributed by atoms with van der Waals surface area (Å²) in [6.07, 6.45) is 8.33. The van der Waals surface area contributed by atoms with Crippen molar-refractivity contribution in [1.82, 2.24) is 0 Å². The smallest absolute Gasteiger partial charge is 0.123 e. The summed E-state index contributed by atoms with van der Waals surface area (Å²) < 4.78 is 13.2. The molecule has 2 rings (SSSR count). The van der Waals surface area contributed by atoms with E-state index in [1.807, 2.05) is 0 Å². The third-order valence-corrected chi connectivity index (χ3v) is 4.22. The topological polar surface area (TPSA) is 26.0 Å². The summed E-state index contributed by atoms with van der Waals surface area (Å²) in [6.45, 7) is 0. The van der Waals surface area contributed by atoms with Crippen LogP contribution in [0.3, 0.4) is 0 Å². The van der Waals surface area contributed by atoms with Gasteiger partial charge in [-0.25, -0.2) is 4.39 Å². The summed E-state index contributed by atoms with van der Waals surface area (Å²) >= 11 is 6.06. The van der Waals surface area contributed by atoms with Gasteiger partial charge in [0.15, 0.2) is 0 Å². The Kier molecular flexibility index (Phi) is 5.02. The second-order valence-corrected chi connectivity index (χ2v) is 5.85. The van der Waals surface area contributed by atoms with E-state index in [2.05, 4.69) is 0 Å². The average Bonchev–Trinajstić information content (AvgIpc) is 2.35. The molecule has 1 aliphatic carbocycles. The van der Waals surface area contributed by atoms with Crippen LogP contribution in [0.15, 0.2) is 18.2 Å². The van der Waals surface area contributed by atoms with Crippen LogP contribution in [0.5, 0.6) is 0 Å². The van der Waals surface area contributed by atoms with Gasteiger partial charge in [0.1, 0.15) is 5.82 Å². The molecular weight excluding hydrogens is 249 g/mol. The molecule has 0 amide bonds. The molecule has 1 atom stereocenters. The first kappa shape index (κ1) is 13.8. The van der Waals surface area contributed by atoms with Crippen molar-refractivity contribution in [2.75, 3.05) is 0 Å². The molecule has 1 nitrogen and oxygen atoms in total. The van der Waals surface area contributed by atoms with Crippen LogP contribution < -0.4 is 5.73 Å². The van der Waals surface area contributed by atoms with Gasteiger partial charge in [0.25, 0.3) is 0 Å². The highest BCUT2D eigenvalue weighted by Gasteiger charge is 2.17. The highest BCUT2D eigenvalue weighted by Crippen LogP contribution is 2.28. The Balaban J connectivity index is 1.89. The molecule has 0 saturated heterocycles. The predicted octanol–water partition coefficient (Wildman–Crippen LogP) is 4.32. The normalized spacial score (nSPS) is 18.8. The van der Waals surface area contributed by atoms with Gasteiger partial charge in [0.05, 0.1) is 0 Å². The SMILES string of the molecule is NC(Cc1cc(F)ccc1Cl)CC1CCCCC1. The van der Waals surface area contributed by atoms with Crippen molar-refractivity contribution in [3.63, 3.8) is 0 Å². The van der Waals surface area contributed by atoms with E-state index in [1.54, 1.807) is 6.07 Å². The second kappa shape index (κ2) is 6.53. The number of hydrogen-bond donors (Lipinski definition) is 1. The van der Waals surface area contributed by atoms with Crippen LogP contribution >= 0.6 is 11.6 Å². The molecule has 1 fully saturated rings. The molecule has 0 radical (unpaired) electrons. The van der Waals surface area contributed by atoms with Crippen molar-refractivity contribution in [1.29, 1.82) is 0 Å². The maximum absolute atomic E-state index is 13.2. The molecule has 0 bridgehead atoms. The van der Waals surface area contributed by atoms with Crippen LogP contribution in [0.25, 0.3) is 0 Å². The lowest BCUT2D eigenvalue weighted by molar-refractivity contribution is 0.316. The van der Waals surface area contributed by atoms with Crippen molar-refractivity contribution in [2.45, 2.75) is 51.0 Å². The van der Waals surface area contributed by atoms with Crippen molar-refractivity contribution in [2.24, 2.45) is 11.7 Å². The van der Waals surface area contributed by atoms with E-state index < -0.39 is 0 Å². The zero-order valence-electron chi connectivity index (χ0n) is 10.7. The monoisotopic (exact) mass is 269 g/mol. The summed E-state index contributed by atoms with van der Waals surface area (Å²) in [7, 11) is 0. The lowest BCUT2D eigenvalue weighted by atomic mass is 9.84. The average molecular weight is 270 g/mol. The van der Waals surface area contributed by atoms with Gasteiger partial charge in [0, 0.05) is 11.1 Å². The van der Waals surface area contributed by atoms with E-state index >= 15 is 0 Å². The van der Waals surface area contributed by atoms with E-state index in [9.17, 15) is 4.39 Å². The van der Waals surface area contributed by atoms with Gasteiger partial charge < -0.3 is 5.73 Å². The summed E-state index contributed by atoms with van der Waals surface area (Å²) in [5.41, 5.74) is 7.01. The highest BCUT2D eigenvalue weighted by molar-refractivity contribution is 6.31. The molecule has 3 heteroatoms. The maximum atomic E-state index is 13.2. The Morgan fingerprint density at radius 1 is 1.28 bits per heavy atom. The summed E-state index contributed by atoms with van der Waals surface area (Å²) in [5, 5.41) is 0.621. The second-order valence-electron chi connectivity index (χ2n) is 5.44. The number of halogens is 2.